The molecule has 1 aliphatic rings. The molecular weight excluding hydrogens is 250 g/mol. The zero-order valence-electron chi connectivity index (χ0n) is 11.9. The predicted molar refractivity (Wildman–Crippen MR) is 80.7 cm³/mol. The monoisotopic (exact) mass is 271 g/mol. The first kappa shape index (κ1) is 13.2. The molecule has 2 heterocycles. The average Bonchev–Trinajstić information content (AvgIpc) is 2.67. The van der Waals surface area contributed by atoms with Gasteiger partial charge in [0.05, 0.1) is 6.42 Å². The second-order valence-electron chi connectivity index (χ2n) is 5.44. The van der Waals surface area contributed by atoms with E-state index in [1.165, 1.54) is 10.9 Å². The van der Waals surface area contributed by atoms with Gasteiger partial charge in [0.2, 0.25) is 5.91 Å². The molecule has 1 N–H and O–H groups in total. The third kappa shape index (κ3) is 2.56. The lowest BCUT2D eigenvalue weighted by Gasteiger charge is -2.19. The lowest BCUT2D eigenvalue weighted by atomic mass is 10.1. The van der Waals surface area contributed by atoms with E-state index in [0.29, 0.717) is 6.42 Å². The highest BCUT2D eigenvalue weighted by atomic mass is 16.2. The molecule has 4 heteroatoms. The third-order valence-corrected chi connectivity index (χ3v) is 4.01. The second-order valence-corrected chi connectivity index (χ2v) is 5.44. The number of carbonyl (C=O) groups excluding carboxylic acids is 1. The van der Waals surface area contributed by atoms with Gasteiger partial charge in [-0.05, 0) is 24.6 Å². The number of aryl methyl sites for hydroxylation is 1. The first-order valence-electron chi connectivity index (χ1n) is 7.27. The summed E-state index contributed by atoms with van der Waals surface area (Å²) in [5.41, 5.74) is 2.32. The van der Waals surface area contributed by atoms with Crippen molar-refractivity contribution in [3.8, 4) is 0 Å². The molecule has 3 rings (SSSR count). The Hall–Kier alpha value is -1.81. The Kier molecular flexibility index (Phi) is 3.74. The normalized spacial score (nSPS) is 16.4. The maximum absolute atomic E-state index is 12.5. The Morgan fingerprint density at radius 2 is 2.10 bits per heavy atom. The highest BCUT2D eigenvalue weighted by Crippen LogP contribution is 2.21. The maximum atomic E-state index is 12.5. The summed E-state index contributed by atoms with van der Waals surface area (Å²) in [6.07, 6.45) is 3.63. The summed E-state index contributed by atoms with van der Waals surface area (Å²) in [5.74, 6) is 0.241. The van der Waals surface area contributed by atoms with E-state index in [9.17, 15) is 4.79 Å². The van der Waals surface area contributed by atoms with Crippen LogP contribution in [-0.4, -0.2) is 41.6 Å². The van der Waals surface area contributed by atoms with Crippen LogP contribution in [0.25, 0.3) is 10.9 Å². The van der Waals surface area contributed by atoms with Gasteiger partial charge in [0.1, 0.15) is 0 Å². The van der Waals surface area contributed by atoms with E-state index in [2.05, 4.69) is 28.2 Å². The van der Waals surface area contributed by atoms with Crippen LogP contribution >= 0.6 is 0 Å². The van der Waals surface area contributed by atoms with Crippen LogP contribution in [0.2, 0.25) is 0 Å². The van der Waals surface area contributed by atoms with E-state index in [1.807, 2.05) is 24.1 Å². The highest BCUT2D eigenvalue weighted by molar-refractivity contribution is 5.89. The minimum absolute atomic E-state index is 0.241. The number of amides is 1. The molecule has 1 aromatic heterocycles. The van der Waals surface area contributed by atoms with Gasteiger partial charge in [-0.3, -0.25) is 4.79 Å². The van der Waals surface area contributed by atoms with Crippen LogP contribution in [0.1, 0.15) is 12.0 Å². The van der Waals surface area contributed by atoms with Crippen LogP contribution in [0.4, 0.5) is 0 Å². The Labute approximate surface area is 119 Å². The van der Waals surface area contributed by atoms with Crippen molar-refractivity contribution in [3.63, 3.8) is 0 Å². The lowest BCUT2D eigenvalue weighted by Crippen LogP contribution is -2.35. The SMILES string of the molecule is Cn1cc(CC(=O)N2CCCNCC2)c2ccccc21. The lowest BCUT2D eigenvalue weighted by molar-refractivity contribution is -0.130. The molecule has 106 valence electrons. The number of aromatic nitrogens is 1. The van der Waals surface area contributed by atoms with Crippen LogP contribution in [0, 0.1) is 0 Å². The van der Waals surface area contributed by atoms with Crippen molar-refractivity contribution < 1.29 is 4.79 Å². The molecule has 0 aliphatic carbocycles. The largest absolute Gasteiger partial charge is 0.350 e. The molecule has 0 radical (unpaired) electrons. The van der Waals surface area contributed by atoms with E-state index in [0.717, 1.165) is 38.2 Å². The van der Waals surface area contributed by atoms with Crippen molar-refractivity contribution >= 4 is 16.8 Å². The average molecular weight is 271 g/mol. The second kappa shape index (κ2) is 5.67. The molecule has 20 heavy (non-hydrogen) atoms. The molecule has 0 atom stereocenters. The fourth-order valence-electron chi connectivity index (χ4n) is 2.94. The van der Waals surface area contributed by atoms with Crippen molar-refractivity contribution in [2.75, 3.05) is 26.2 Å². The van der Waals surface area contributed by atoms with Crippen LogP contribution in [0.15, 0.2) is 30.5 Å². The molecule has 4 nitrogen and oxygen atoms in total. The molecule has 2 aromatic rings. The molecule has 1 aromatic carbocycles. The van der Waals surface area contributed by atoms with Gasteiger partial charge in [-0.1, -0.05) is 18.2 Å². The topological polar surface area (TPSA) is 37.3 Å². The highest BCUT2D eigenvalue weighted by Gasteiger charge is 2.17. The number of fused-ring (bicyclic) bond motifs is 1. The molecule has 0 saturated carbocycles. The van der Waals surface area contributed by atoms with E-state index < -0.39 is 0 Å². The summed E-state index contributed by atoms with van der Waals surface area (Å²) >= 11 is 0. The quantitative estimate of drug-likeness (QED) is 0.899. The zero-order valence-corrected chi connectivity index (χ0v) is 11.9. The number of carbonyl (C=O) groups is 1. The van der Waals surface area contributed by atoms with E-state index in [-0.39, 0.29) is 5.91 Å². The first-order valence-corrected chi connectivity index (χ1v) is 7.27. The summed E-state index contributed by atoms with van der Waals surface area (Å²) in [6, 6.07) is 8.27. The van der Waals surface area contributed by atoms with Crippen LogP contribution in [0.5, 0.6) is 0 Å². The van der Waals surface area contributed by atoms with E-state index in [4.69, 9.17) is 0 Å². The van der Waals surface area contributed by atoms with Gasteiger partial charge in [0.25, 0.3) is 0 Å². The molecule has 0 unspecified atom stereocenters. The summed E-state index contributed by atoms with van der Waals surface area (Å²) in [6.45, 7) is 3.61. The molecule has 1 aliphatic heterocycles. The smallest absolute Gasteiger partial charge is 0.227 e. The molecular formula is C16H21N3O. The van der Waals surface area contributed by atoms with Gasteiger partial charge < -0.3 is 14.8 Å². The molecule has 1 amide bonds. The fraction of sp³-hybridized carbons (Fsp3) is 0.438. The van der Waals surface area contributed by atoms with Gasteiger partial charge in [-0.25, -0.2) is 0 Å². The van der Waals surface area contributed by atoms with E-state index in [1.54, 1.807) is 0 Å². The summed E-state index contributed by atoms with van der Waals surface area (Å²) in [7, 11) is 2.03. The standard InChI is InChI=1S/C16H21N3O/c1-18-12-13(14-5-2-3-6-15(14)18)11-16(20)19-9-4-7-17-8-10-19/h2-3,5-6,12,17H,4,7-11H2,1H3. The van der Waals surface area contributed by atoms with Crippen molar-refractivity contribution in [1.82, 2.24) is 14.8 Å². The summed E-state index contributed by atoms with van der Waals surface area (Å²) in [4.78, 5) is 14.4. The third-order valence-electron chi connectivity index (χ3n) is 4.01. The number of hydrogen-bond acceptors (Lipinski definition) is 2. The number of hydrogen-bond donors (Lipinski definition) is 1. The number of nitrogens with zero attached hydrogens (tertiary/aromatic N) is 2. The first-order chi connectivity index (χ1) is 9.75. The minimum atomic E-state index is 0.241. The van der Waals surface area contributed by atoms with Crippen LogP contribution < -0.4 is 5.32 Å². The van der Waals surface area contributed by atoms with Crippen molar-refractivity contribution in [2.24, 2.45) is 7.05 Å². The van der Waals surface area contributed by atoms with Crippen molar-refractivity contribution in [1.29, 1.82) is 0 Å². The molecule has 0 spiro atoms. The number of para-hydroxylation sites is 1. The number of benzene rings is 1. The van der Waals surface area contributed by atoms with Gasteiger partial charge >= 0.3 is 0 Å². The molecule has 1 fully saturated rings. The van der Waals surface area contributed by atoms with Crippen LogP contribution in [-0.2, 0) is 18.3 Å². The number of nitrogens with one attached hydrogen (secondary N) is 1. The Morgan fingerprint density at radius 3 is 3.00 bits per heavy atom. The molecule has 0 bridgehead atoms. The van der Waals surface area contributed by atoms with Gasteiger partial charge in [-0.15, -0.1) is 0 Å². The fourth-order valence-corrected chi connectivity index (χ4v) is 2.94. The maximum Gasteiger partial charge on any atom is 0.227 e. The molecule has 1 saturated heterocycles. The summed E-state index contributed by atoms with van der Waals surface area (Å²) < 4.78 is 2.10. The number of rotatable bonds is 2. The van der Waals surface area contributed by atoms with Gasteiger partial charge in [-0.2, -0.15) is 0 Å². The Morgan fingerprint density at radius 1 is 1.25 bits per heavy atom. The van der Waals surface area contributed by atoms with Crippen LogP contribution in [0.3, 0.4) is 0 Å². The minimum Gasteiger partial charge on any atom is -0.350 e. The van der Waals surface area contributed by atoms with Crippen molar-refractivity contribution in [3.05, 3.63) is 36.0 Å². The Balaban J connectivity index is 1.80. The summed E-state index contributed by atoms with van der Waals surface area (Å²) in [5, 5.41) is 4.52. The van der Waals surface area contributed by atoms with Gasteiger partial charge in [0, 0.05) is 43.8 Å². The van der Waals surface area contributed by atoms with Gasteiger partial charge in [0.15, 0.2) is 0 Å². The van der Waals surface area contributed by atoms with Crippen molar-refractivity contribution in [2.45, 2.75) is 12.8 Å². The predicted octanol–water partition coefficient (Wildman–Crippen LogP) is 1.54. The zero-order chi connectivity index (χ0) is 13.9. The van der Waals surface area contributed by atoms with E-state index >= 15 is 0 Å². The Bertz CT molecular complexity index is 609.